The topological polar surface area (TPSA) is 43.8 Å². The Balaban J connectivity index is 2.06. The van der Waals surface area contributed by atoms with Crippen LogP contribution in [0.4, 0.5) is 0 Å². The van der Waals surface area contributed by atoms with Gasteiger partial charge in [-0.05, 0) is 37.1 Å². The highest BCUT2D eigenvalue weighted by Gasteiger charge is 2.05. The van der Waals surface area contributed by atoms with E-state index in [-0.39, 0.29) is 6.04 Å². The number of nitrogens with zero attached hydrogens (tertiary/aromatic N) is 2. The summed E-state index contributed by atoms with van der Waals surface area (Å²) in [5, 5.41) is 5.62. The summed E-state index contributed by atoms with van der Waals surface area (Å²) >= 11 is 0. The molecule has 3 aromatic rings. The maximum absolute atomic E-state index is 5.86. The fourth-order valence-corrected chi connectivity index (χ4v) is 2.36. The standard InChI is InChI=1S/C16H17N3/c1-12(17)9-13-5-4-7-15(10-13)19-16-8-3-2-6-14(16)11-18-19/h2-8,10-12H,9,17H2,1H3. The SMILES string of the molecule is CC(N)Cc1cccc(-n2ncc3ccccc32)c1. The van der Waals surface area contributed by atoms with E-state index < -0.39 is 0 Å². The Bertz CT molecular complexity index is 698. The fourth-order valence-electron chi connectivity index (χ4n) is 2.36. The lowest BCUT2D eigenvalue weighted by Crippen LogP contribution is -2.17. The molecule has 3 heteroatoms. The zero-order chi connectivity index (χ0) is 13.2. The summed E-state index contributed by atoms with van der Waals surface area (Å²) in [5.41, 5.74) is 9.31. The summed E-state index contributed by atoms with van der Waals surface area (Å²) in [6.07, 6.45) is 2.78. The second-order valence-electron chi connectivity index (χ2n) is 4.97. The Labute approximate surface area is 112 Å². The van der Waals surface area contributed by atoms with Crippen LogP contribution in [0.15, 0.2) is 54.7 Å². The van der Waals surface area contributed by atoms with Gasteiger partial charge in [0.2, 0.25) is 0 Å². The first kappa shape index (κ1) is 11.9. The molecule has 0 aliphatic carbocycles. The van der Waals surface area contributed by atoms with Gasteiger partial charge in [-0.3, -0.25) is 0 Å². The van der Waals surface area contributed by atoms with Crippen LogP contribution in [0.5, 0.6) is 0 Å². The van der Waals surface area contributed by atoms with Crippen LogP contribution in [0.3, 0.4) is 0 Å². The van der Waals surface area contributed by atoms with Crippen molar-refractivity contribution >= 4 is 10.9 Å². The molecule has 0 radical (unpaired) electrons. The summed E-state index contributed by atoms with van der Waals surface area (Å²) in [6.45, 7) is 2.02. The lowest BCUT2D eigenvalue weighted by atomic mass is 10.1. The molecule has 1 atom stereocenters. The zero-order valence-electron chi connectivity index (χ0n) is 11.0. The quantitative estimate of drug-likeness (QED) is 0.777. The van der Waals surface area contributed by atoms with Crippen molar-refractivity contribution < 1.29 is 0 Å². The Hall–Kier alpha value is -2.13. The predicted molar refractivity (Wildman–Crippen MR) is 78.4 cm³/mol. The van der Waals surface area contributed by atoms with Gasteiger partial charge in [-0.2, -0.15) is 5.10 Å². The van der Waals surface area contributed by atoms with E-state index in [1.54, 1.807) is 0 Å². The first-order chi connectivity index (χ1) is 9.24. The maximum Gasteiger partial charge on any atom is 0.0741 e. The molecule has 1 unspecified atom stereocenters. The molecule has 0 aliphatic rings. The first-order valence-electron chi connectivity index (χ1n) is 6.52. The van der Waals surface area contributed by atoms with Gasteiger partial charge in [-0.25, -0.2) is 4.68 Å². The molecular weight excluding hydrogens is 234 g/mol. The average Bonchev–Trinajstić information content (AvgIpc) is 2.82. The first-order valence-corrected chi connectivity index (χ1v) is 6.52. The highest BCUT2D eigenvalue weighted by Crippen LogP contribution is 2.19. The van der Waals surface area contributed by atoms with Crippen molar-refractivity contribution in [2.24, 2.45) is 5.73 Å². The van der Waals surface area contributed by atoms with E-state index in [9.17, 15) is 0 Å². The number of hydrogen-bond acceptors (Lipinski definition) is 2. The number of para-hydroxylation sites is 1. The van der Waals surface area contributed by atoms with Crippen molar-refractivity contribution in [2.75, 3.05) is 0 Å². The van der Waals surface area contributed by atoms with Crippen molar-refractivity contribution in [2.45, 2.75) is 19.4 Å². The minimum Gasteiger partial charge on any atom is -0.328 e. The maximum atomic E-state index is 5.86. The third-order valence-corrected chi connectivity index (χ3v) is 3.19. The van der Waals surface area contributed by atoms with Crippen molar-refractivity contribution in [3.63, 3.8) is 0 Å². The predicted octanol–water partition coefficient (Wildman–Crippen LogP) is 2.92. The molecule has 0 fully saturated rings. The Morgan fingerprint density at radius 2 is 2.00 bits per heavy atom. The van der Waals surface area contributed by atoms with E-state index in [1.807, 2.05) is 29.9 Å². The van der Waals surface area contributed by atoms with Crippen molar-refractivity contribution in [1.29, 1.82) is 0 Å². The minimum atomic E-state index is 0.171. The summed E-state index contributed by atoms with van der Waals surface area (Å²) in [5.74, 6) is 0. The molecule has 96 valence electrons. The van der Waals surface area contributed by atoms with E-state index in [0.29, 0.717) is 0 Å². The van der Waals surface area contributed by atoms with Gasteiger partial charge in [0.05, 0.1) is 17.4 Å². The normalized spacial score (nSPS) is 12.7. The Kier molecular flexibility index (Phi) is 3.05. The Morgan fingerprint density at radius 3 is 2.84 bits per heavy atom. The summed E-state index contributed by atoms with van der Waals surface area (Å²) in [4.78, 5) is 0. The smallest absolute Gasteiger partial charge is 0.0741 e. The lowest BCUT2D eigenvalue weighted by Gasteiger charge is -2.08. The second kappa shape index (κ2) is 4.86. The van der Waals surface area contributed by atoms with Crippen LogP contribution in [0.2, 0.25) is 0 Å². The highest BCUT2D eigenvalue weighted by atomic mass is 15.3. The van der Waals surface area contributed by atoms with Gasteiger partial charge in [0.1, 0.15) is 0 Å². The van der Waals surface area contributed by atoms with Crippen LogP contribution in [0, 0.1) is 0 Å². The van der Waals surface area contributed by atoms with E-state index in [4.69, 9.17) is 5.73 Å². The molecule has 2 N–H and O–H groups in total. The summed E-state index contributed by atoms with van der Waals surface area (Å²) in [6, 6.07) is 16.8. The summed E-state index contributed by atoms with van der Waals surface area (Å²) in [7, 11) is 0. The van der Waals surface area contributed by atoms with E-state index in [1.165, 1.54) is 5.56 Å². The van der Waals surface area contributed by atoms with Gasteiger partial charge in [0.25, 0.3) is 0 Å². The fraction of sp³-hybridized carbons (Fsp3) is 0.188. The van der Waals surface area contributed by atoms with Crippen molar-refractivity contribution in [3.05, 3.63) is 60.3 Å². The molecule has 0 aliphatic heterocycles. The molecule has 0 bridgehead atoms. The third kappa shape index (κ3) is 2.37. The second-order valence-corrected chi connectivity index (χ2v) is 4.97. The van der Waals surface area contributed by atoms with Gasteiger partial charge < -0.3 is 5.73 Å². The van der Waals surface area contributed by atoms with Gasteiger partial charge in [0.15, 0.2) is 0 Å². The van der Waals surface area contributed by atoms with Crippen LogP contribution in [-0.4, -0.2) is 15.8 Å². The molecule has 1 heterocycles. The number of benzene rings is 2. The molecule has 2 aromatic carbocycles. The molecular formula is C16H17N3. The summed E-state index contributed by atoms with van der Waals surface area (Å²) < 4.78 is 1.97. The number of hydrogen-bond donors (Lipinski definition) is 1. The van der Waals surface area contributed by atoms with Gasteiger partial charge in [0, 0.05) is 11.4 Å². The van der Waals surface area contributed by atoms with Gasteiger partial charge >= 0.3 is 0 Å². The van der Waals surface area contributed by atoms with E-state index in [2.05, 4.69) is 41.5 Å². The van der Waals surface area contributed by atoms with E-state index >= 15 is 0 Å². The van der Waals surface area contributed by atoms with E-state index in [0.717, 1.165) is 23.0 Å². The number of rotatable bonds is 3. The molecule has 1 aromatic heterocycles. The minimum absolute atomic E-state index is 0.171. The lowest BCUT2D eigenvalue weighted by molar-refractivity contribution is 0.737. The molecule has 0 saturated heterocycles. The van der Waals surface area contributed by atoms with Gasteiger partial charge in [-0.1, -0.05) is 30.3 Å². The molecule has 19 heavy (non-hydrogen) atoms. The van der Waals surface area contributed by atoms with Crippen LogP contribution < -0.4 is 5.73 Å². The van der Waals surface area contributed by atoms with Crippen molar-refractivity contribution in [1.82, 2.24) is 9.78 Å². The molecule has 0 saturated carbocycles. The van der Waals surface area contributed by atoms with Crippen LogP contribution in [-0.2, 0) is 6.42 Å². The zero-order valence-corrected chi connectivity index (χ0v) is 11.0. The van der Waals surface area contributed by atoms with Crippen molar-refractivity contribution in [3.8, 4) is 5.69 Å². The van der Waals surface area contributed by atoms with Gasteiger partial charge in [-0.15, -0.1) is 0 Å². The Morgan fingerprint density at radius 1 is 1.16 bits per heavy atom. The number of aromatic nitrogens is 2. The molecule has 3 nitrogen and oxygen atoms in total. The molecule has 3 rings (SSSR count). The van der Waals surface area contributed by atoms with Crippen LogP contribution in [0.25, 0.3) is 16.6 Å². The van der Waals surface area contributed by atoms with Crippen LogP contribution in [0.1, 0.15) is 12.5 Å². The average molecular weight is 251 g/mol. The molecule has 0 spiro atoms. The largest absolute Gasteiger partial charge is 0.328 e. The monoisotopic (exact) mass is 251 g/mol. The van der Waals surface area contributed by atoms with Crippen LogP contribution >= 0.6 is 0 Å². The number of fused-ring (bicyclic) bond motifs is 1. The molecule has 0 amide bonds. The number of nitrogens with two attached hydrogens (primary N) is 1. The highest BCUT2D eigenvalue weighted by molar-refractivity contribution is 5.80. The third-order valence-electron chi connectivity index (χ3n) is 3.19.